The van der Waals surface area contributed by atoms with Crippen molar-refractivity contribution < 1.29 is 19.0 Å². The fourth-order valence-corrected chi connectivity index (χ4v) is 4.15. The Bertz CT molecular complexity index is 391. The lowest BCUT2D eigenvalue weighted by molar-refractivity contribution is -0.201. The van der Waals surface area contributed by atoms with E-state index >= 15 is 0 Å². The zero-order valence-corrected chi connectivity index (χ0v) is 9.74. The Kier molecular flexibility index (Phi) is 1.97. The number of hydrogen-bond acceptors (Lipinski definition) is 4. The summed E-state index contributed by atoms with van der Waals surface area (Å²) < 4.78 is 17.1. The van der Waals surface area contributed by atoms with Gasteiger partial charge in [-0.15, -0.1) is 0 Å². The molecule has 2 aliphatic carbocycles. The van der Waals surface area contributed by atoms with Gasteiger partial charge in [0.2, 0.25) is 0 Å². The van der Waals surface area contributed by atoms with Gasteiger partial charge in [-0.25, -0.2) is 0 Å². The van der Waals surface area contributed by atoms with E-state index in [9.17, 15) is 4.79 Å². The number of esters is 1. The number of ether oxygens (including phenoxy) is 3. The van der Waals surface area contributed by atoms with E-state index < -0.39 is 0 Å². The minimum Gasteiger partial charge on any atom is -0.459 e. The Labute approximate surface area is 99.9 Å². The molecule has 0 aromatic rings. The third-order valence-corrected chi connectivity index (χ3v) is 4.68. The van der Waals surface area contributed by atoms with Crippen molar-refractivity contribution in [2.75, 3.05) is 6.61 Å². The van der Waals surface area contributed by atoms with Gasteiger partial charge in [0.1, 0.15) is 12.2 Å². The molecule has 4 rings (SSSR count). The van der Waals surface area contributed by atoms with Crippen LogP contribution in [0.4, 0.5) is 0 Å². The molecule has 2 aliphatic heterocycles. The van der Waals surface area contributed by atoms with E-state index in [1.54, 1.807) is 0 Å². The molecule has 0 aromatic heterocycles. The number of carbonyl (C=O) groups excluding carboxylic acids is 1. The van der Waals surface area contributed by atoms with Gasteiger partial charge in [0.25, 0.3) is 0 Å². The molecular weight excluding hydrogens is 220 g/mol. The molecule has 4 aliphatic rings. The van der Waals surface area contributed by atoms with E-state index in [4.69, 9.17) is 14.2 Å². The first-order valence-corrected chi connectivity index (χ1v) is 6.36. The lowest BCUT2D eigenvalue weighted by Crippen LogP contribution is -2.50. The third kappa shape index (κ3) is 1.28. The molecule has 3 fully saturated rings. The summed E-state index contributed by atoms with van der Waals surface area (Å²) in [6, 6.07) is 0. The van der Waals surface area contributed by atoms with Crippen LogP contribution < -0.4 is 0 Å². The fourth-order valence-electron chi connectivity index (χ4n) is 4.15. The van der Waals surface area contributed by atoms with Gasteiger partial charge in [-0.3, -0.25) is 4.79 Å². The molecule has 0 unspecified atom stereocenters. The lowest BCUT2D eigenvalue weighted by Gasteiger charge is -2.41. The molecule has 1 saturated carbocycles. The van der Waals surface area contributed by atoms with Crippen molar-refractivity contribution in [1.29, 1.82) is 0 Å². The van der Waals surface area contributed by atoms with Crippen LogP contribution >= 0.6 is 0 Å². The quantitative estimate of drug-likeness (QED) is 0.505. The Morgan fingerprint density at radius 1 is 1.29 bits per heavy atom. The minimum atomic E-state index is -0.213. The van der Waals surface area contributed by atoms with Gasteiger partial charge in [0.05, 0.1) is 6.61 Å². The molecule has 7 atom stereocenters. The summed E-state index contributed by atoms with van der Waals surface area (Å²) in [5, 5.41) is 0. The van der Waals surface area contributed by atoms with Crippen LogP contribution in [0.3, 0.4) is 0 Å². The molecule has 0 radical (unpaired) electrons. The van der Waals surface area contributed by atoms with Gasteiger partial charge in [-0.05, 0) is 18.3 Å². The largest absolute Gasteiger partial charge is 0.459 e. The highest BCUT2D eigenvalue weighted by atomic mass is 16.7. The van der Waals surface area contributed by atoms with Crippen molar-refractivity contribution in [1.82, 2.24) is 0 Å². The van der Waals surface area contributed by atoms with Crippen molar-refractivity contribution in [2.24, 2.45) is 23.7 Å². The second kappa shape index (κ2) is 3.33. The predicted molar refractivity (Wildman–Crippen MR) is 57.9 cm³/mol. The molecule has 92 valence electrons. The van der Waals surface area contributed by atoms with Crippen LogP contribution in [0.1, 0.15) is 13.3 Å². The van der Waals surface area contributed by atoms with E-state index in [0.717, 1.165) is 0 Å². The van der Waals surface area contributed by atoms with E-state index in [0.29, 0.717) is 30.3 Å². The first-order valence-electron chi connectivity index (χ1n) is 6.36. The first kappa shape index (κ1) is 10.1. The van der Waals surface area contributed by atoms with Crippen molar-refractivity contribution in [2.45, 2.75) is 31.8 Å². The Morgan fingerprint density at radius 3 is 2.82 bits per heavy atom. The summed E-state index contributed by atoms with van der Waals surface area (Å²) >= 11 is 0. The number of allylic oxidation sites excluding steroid dienone is 2. The lowest BCUT2D eigenvalue weighted by atomic mass is 9.76. The van der Waals surface area contributed by atoms with Gasteiger partial charge in [0, 0.05) is 18.8 Å². The monoisotopic (exact) mass is 236 g/mol. The highest BCUT2D eigenvalue weighted by Gasteiger charge is 2.60. The Morgan fingerprint density at radius 2 is 2.06 bits per heavy atom. The number of carbonyl (C=O) groups is 1. The summed E-state index contributed by atoms with van der Waals surface area (Å²) in [6.07, 6.45) is 5.49. The molecular formula is C13H16O4. The Balaban J connectivity index is 1.69. The van der Waals surface area contributed by atoms with Crippen LogP contribution in [0.15, 0.2) is 12.2 Å². The molecule has 2 heterocycles. The van der Waals surface area contributed by atoms with E-state index in [2.05, 4.69) is 12.2 Å². The summed E-state index contributed by atoms with van der Waals surface area (Å²) in [6.45, 7) is 2.04. The molecule has 2 saturated heterocycles. The average molecular weight is 236 g/mol. The fraction of sp³-hybridized carbons (Fsp3) is 0.769. The number of rotatable bonds is 1. The maximum atomic E-state index is 11.2. The normalized spacial score (nSPS) is 53.8. The van der Waals surface area contributed by atoms with E-state index in [1.165, 1.54) is 13.3 Å². The molecule has 4 nitrogen and oxygen atoms in total. The first-order chi connectivity index (χ1) is 8.24. The van der Waals surface area contributed by atoms with Crippen molar-refractivity contribution in [3.8, 4) is 0 Å². The van der Waals surface area contributed by atoms with Gasteiger partial charge in [-0.1, -0.05) is 12.2 Å². The van der Waals surface area contributed by atoms with Crippen LogP contribution in [0, 0.1) is 23.7 Å². The maximum Gasteiger partial charge on any atom is 0.303 e. The van der Waals surface area contributed by atoms with Crippen LogP contribution in [-0.4, -0.2) is 31.1 Å². The third-order valence-electron chi connectivity index (χ3n) is 4.68. The standard InChI is InChI=1S/C13H16O4/c1-6(14)16-12-9-5-15-13(17-9)11-8-3-2-7(4-8)10(11)12/h2-3,7-13H,4-5H2,1H3/t7-,8+,9+,10-,11+,12-,13+/m0/s1. The molecule has 4 bridgehead atoms. The van der Waals surface area contributed by atoms with Crippen LogP contribution in [-0.2, 0) is 19.0 Å². The van der Waals surface area contributed by atoms with Gasteiger partial charge in [0.15, 0.2) is 6.29 Å². The molecule has 4 heteroatoms. The van der Waals surface area contributed by atoms with Crippen molar-refractivity contribution >= 4 is 5.97 Å². The van der Waals surface area contributed by atoms with Crippen LogP contribution in [0.25, 0.3) is 0 Å². The molecule has 0 spiro atoms. The highest BCUT2D eigenvalue weighted by Crippen LogP contribution is 2.56. The second-order valence-corrected chi connectivity index (χ2v) is 5.55. The summed E-state index contributed by atoms with van der Waals surface area (Å²) in [5.41, 5.74) is 0. The zero-order chi connectivity index (χ0) is 11.6. The maximum absolute atomic E-state index is 11.2. The van der Waals surface area contributed by atoms with E-state index in [-0.39, 0.29) is 24.5 Å². The summed E-state index contributed by atoms with van der Waals surface area (Å²) in [5.74, 6) is 1.67. The van der Waals surface area contributed by atoms with Crippen LogP contribution in [0.2, 0.25) is 0 Å². The number of hydrogen-bond donors (Lipinski definition) is 0. The van der Waals surface area contributed by atoms with E-state index in [1.807, 2.05) is 0 Å². The smallest absolute Gasteiger partial charge is 0.303 e. The van der Waals surface area contributed by atoms with Crippen molar-refractivity contribution in [3.05, 3.63) is 12.2 Å². The number of fused-ring (bicyclic) bond motifs is 8. The topological polar surface area (TPSA) is 44.8 Å². The van der Waals surface area contributed by atoms with Gasteiger partial charge < -0.3 is 14.2 Å². The summed E-state index contributed by atoms with van der Waals surface area (Å²) in [7, 11) is 0. The second-order valence-electron chi connectivity index (χ2n) is 5.55. The molecule has 0 amide bonds. The van der Waals surface area contributed by atoms with Crippen molar-refractivity contribution in [3.63, 3.8) is 0 Å². The Hall–Kier alpha value is -0.870. The van der Waals surface area contributed by atoms with Gasteiger partial charge >= 0.3 is 5.97 Å². The summed E-state index contributed by atoms with van der Waals surface area (Å²) in [4.78, 5) is 11.2. The molecule has 0 aromatic carbocycles. The minimum absolute atomic E-state index is 0.0575. The average Bonchev–Trinajstić information content (AvgIpc) is 2.98. The molecule has 0 N–H and O–H groups in total. The highest BCUT2D eigenvalue weighted by molar-refractivity contribution is 5.66. The SMILES string of the molecule is CC(=O)O[C@@H]1[C@@H]2[C@H]([C@@H]3OC[C@H]1O3)[C@@H]1C=C[C@H]2C1. The molecule has 17 heavy (non-hydrogen) atoms. The van der Waals surface area contributed by atoms with Gasteiger partial charge in [-0.2, -0.15) is 0 Å². The predicted octanol–water partition coefficient (Wildman–Crippen LogP) is 1.11. The zero-order valence-electron chi connectivity index (χ0n) is 9.74. The van der Waals surface area contributed by atoms with Crippen LogP contribution in [0.5, 0.6) is 0 Å².